The Kier molecular flexibility index (Phi) is 2.19. The van der Waals surface area contributed by atoms with Crippen LogP contribution in [0, 0.1) is 0 Å². The Morgan fingerprint density at radius 2 is 2.19 bits per heavy atom. The number of benzene rings is 1. The monoisotopic (exact) mass is 231 g/mol. The zero-order valence-electron chi connectivity index (χ0n) is 8.33. The van der Waals surface area contributed by atoms with Gasteiger partial charge in [0.2, 0.25) is 6.39 Å². The van der Waals surface area contributed by atoms with Crippen molar-refractivity contribution in [2.45, 2.75) is 6.04 Å². The van der Waals surface area contributed by atoms with Crippen molar-refractivity contribution in [2.24, 2.45) is 5.73 Å². The number of hydrogen-bond donors (Lipinski definition) is 1. The number of fused-ring (bicyclic) bond motifs is 1. The van der Waals surface area contributed by atoms with Gasteiger partial charge in [-0.15, -0.1) is 11.3 Å². The molecular weight excluding hydrogens is 222 g/mol. The zero-order valence-corrected chi connectivity index (χ0v) is 9.15. The Bertz CT molecular complexity index is 603. The average molecular weight is 231 g/mol. The summed E-state index contributed by atoms with van der Waals surface area (Å²) in [6.45, 7) is 0. The summed E-state index contributed by atoms with van der Waals surface area (Å²) < 4.78 is 5.93. The molecule has 0 saturated carbocycles. The number of rotatable bonds is 2. The second kappa shape index (κ2) is 3.70. The minimum atomic E-state index is -0.324. The zero-order chi connectivity index (χ0) is 11.0. The average Bonchev–Trinajstić information content (AvgIpc) is 2.98. The first-order valence-electron chi connectivity index (χ1n) is 4.84. The molecule has 1 atom stereocenters. The van der Waals surface area contributed by atoms with Gasteiger partial charge in [0.15, 0.2) is 5.82 Å². The van der Waals surface area contributed by atoms with Crippen molar-refractivity contribution in [3.8, 4) is 0 Å². The summed E-state index contributed by atoms with van der Waals surface area (Å²) in [6, 6.07) is 7.83. The number of nitrogens with two attached hydrogens (primary N) is 1. The second-order valence-corrected chi connectivity index (χ2v) is 4.37. The fourth-order valence-corrected chi connectivity index (χ4v) is 2.69. The molecule has 16 heavy (non-hydrogen) atoms. The third-order valence-corrected chi connectivity index (χ3v) is 3.48. The summed E-state index contributed by atoms with van der Waals surface area (Å²) in [5, 5.41) is 6.98. The molecule has 1 unspecified atom stereocenters. The number of hydrogen-bond acceptors (Lipinski definition) is 5. The summed E-state index contributed by atoms with van der Waals surface area (Å²) >= 11 is 1.67. The first-order chi connectivity index (χ1) is 7.86. The predicted octanol–water partition coefficient (Wildman–Crippen LogP) is 2.33. The fraction of sp³-hybridized carbons (Fsp3) is 0.0909. The van der Waals surface area contributed by atoms with Crippen molar-refractivity contribution in [3.05, 3.63) is 47.4 Å². The minimum Gasteiger partial charge on any atom is -0.343 e. The Morgan fingerprint density at radius 1 is 1.31 bits per heavy atom. The summed E-state index contributed by atoms with van der Waals surface area (Å²) in [5.74, 6) is 0.517. The highest BCUT2D eigenvalue weighted by Gasteiger charge is 2.17. The van der Waals surface area contributed by atoms with Crippen molar-refractivity contribution in [1.29, 1.82) is 0 Å². The molecule has 0 aliphatic heterocycles. The van der Waals surface area contributed by atoms with Gasteiger partial charge in [0, 0.05) is 4.70 Å². The molecule has 80 valence electrons. The van der Waals surface area contributed by atoms with Crippen molar-refractivity contribution < 1.29 is 4.52 Å². The van der Waals surface area contributed by atoms with E-state index in [1.165, 1.54) is 11.1 Å². The van der Waals surface area contributed by atoms with Gasteiger partial charge < -0.3 is 10.3 Å². The lowest BCUT2D eigenvalue weighted by atomic mass is 10.1. The van der Waals surface area contributed by atoms with E-state index in [2.05, 4.69) is 22.3 Å². The van der Waals surface area contributed by atoms with E-state index in [1.807, 2.05) is 17.5 Å². The SMILES string of the molecule is NC(c1ncon1)c1csc2ccccc12. The molecule has 0 bridgehead atoms. The van der Waals surface area contributed by atoms with Crippen molar-refractivity contribution in [1.82, 2.24) is 10.1 Å². The van der Waals surface area contributed by atoms with Crippen LogP contribution in [-0.4, -0.2) is 10.1 Å². The minimum absolute atomic E-state index is 0.324. The van der Waals surface area contributed by atoms with Crippen molar-refractivity contribution in [3.63, 3.8) is 0 Å². The molecule has 1 aromatic carbocycles. The van der Waals surface area contributed by atoms with E-state index in [9.17, 15) is 0 Å². The predicted molar refractivity (Wildman–Crippen MR) is 62.2 cm³/mol. The quantitative estimate of drug-likeness (QED) is 0.735. The van der Waals surface area contributed by atoms with Crippen LogP contribution < -0.4 is 5.73 Å². The maximum Gasteiger partial charge on any atom is 0.213 e. The van der Waals surface area contributed by atoms with E-state index in [4.69, 9.17) is 10.3 Å². The van der Waals surface area contributed by atoms with E-state index in [0.29, 0.717) is 5.82 Å². The smallest absolute Gasteiger partial charge is 0.213 e. The summed E-state index contributed by atoms with van der Waals surface area (Å²) in [5.41, 5.74) is 7.14. The third-order valence-electron chi connectivity index (χ3n) is 2.50. The maximum atomic E-state index is 6.09. The Morgan fingerprint density at radius 3 is 3.00 bits per heavy atom. The molecular formula is C11H9N3OS. The molecule has 2 N–H and O–H groups in total. The van der Waals surface area contributed by atoms with Crippen LogP contribution in [0.3, 0.4) is 0 Å². The van der Waals surface area contributed by atoms with Crippen LogP contribution in [0.4, 0.5) is 0 Å². The lowest BCUT2D eigenvalue weighted by Crippen LogP contribution is -2.12. The van der Waals surface area contributed by atoms with E-state index in [0.717, 1.165) is 10.9 Å². The molecule has 3 aromatic rings. The molecule has 0 aliphatic carbocycles. The molecule has 5 heteroatoms. The Labute approximate surface area is 95.7 Å². The summed E-state index contributed by atoms with van der Waals surface area (Å²) in [4.78, 5) is 3.98. The molecule has 0 fully saturated rings. The van der Waals surface area contributed by atoms with Crippen LogP contribution in [0.15, 0.2) is 40.6 Å². The summed E-state index contributed by atoms with van der Waals surface area (Å²) in [7, 11) is 0. The van der Waals surface area contributed by atoms with Gasteiger partial charge in [-0.1, -0.05) is 23.4 Å². The van der Waals surface area contributed by atoms with Gasteiger partial charge in [-0.05, 0) is 22.4 Å². The molecule has 2 aromatic heterocycles. The highest BCUT2D eigenvalue weighted by atomic mass is 32.1. The molecule has 4 nitrogen and oxygen atoms in total. The standard InChI is InChI=1S/C11H9N3OS/c12-10(11-13-6-15-14-11)8-5-16-9-4-2-1-3-7(8)9/h1-6,10H,12H2. The van der Waals surface area contributed by atoms with Gasteiger partial charge in [-0.3, -0.25) is 0 Å². The molecule has 0 spiro atoms. The van der Waals surface area contributed by atoms with Gasteiger partial charge in [0.25, 0.3) is 0 Å². The number of thiophene rings is 1. The largest absolute Gasteiger partial charge is 0.343 e. The van der Waals surface area contributed by atoms with Gasteiger partial charge >= 0.3 is 0 Å². The van der Waals surface area contributed by atoms with E-state index in [-0.39, 0.29) is 6.04 Å². The van der Waals surface area contributed by atoms with Crippen LogP contribution in [0.1, 0.15) is 17.4 Å². The Hall–Kier alpha value is -1.72. The fourth-order valence-electron chi connectivity index (χ4n) is 1.69. The van der Waals surface area contributed by atoms with Gasteiger partial charge in [-0.2, -0.15) is 4.98 Å². The summed E-state index contributed by atoms with van der Waals surface area (Å²) in [6.07, 6.45) is 1.30. The van der Waals surface area contributed by atoms with Crippen LogP contribution in [0.2, 0.25) is 0 Å². The van der Waals surface area contributed by atoms with Crippen LogP contribution in [-0.2, 0) is 0 Å². The second-order valence-electron chi connectivity index (χ2n) is 3.45. The van der Waals surface area contributed by atoms with E-state index in [1.54, 1.807) is 11.3 Å². The third kappa shape index (κ3) is 1.41. The molecule has 3 rings (SSSR count). The first kappa shape index (κ1) is 9.50. The topological polar surface area (TPSA) is 64.9 Å². The molecule has 0 saturated heterocycles. The number of nitrogens with zero attached hydrogens (tertiary/aromatic N) is 2. The van der Waals surface area contributed by atoms with Gasteiger partial charge in [0.1, 0.15) is 0 Å². The molecule has 0 amide bonds. The van der Waals surface area contributed by atoms with Crippen molar-refractivity contribution in [2.75, 3.05) is 0 Å². The maximum absolute atomic E-state index is 6.09. The van der Waals surface area contributed by atoms with Crippen LogP contribution in [0.25, 0.3) is 10.1 Å². The van der Waals surface area contributed by atoms with Crippen LogP contribution >= 0.6 is 11.3 Å². The lowest BCUT2D eigenvalue weighted by Gasteiger charge is -2.05. The highest BCUT2D eigenvalue weighted by Crippen LogP contribution is 2.30. The van der Waals surface area contributed by atoms with E-state index >= 15 is 0 Å². The lowest BCUT2D eigenvalue weighted by molar-refractivity contribution is 0.407. The van der Waals surface area contributed by atoms with Crippen molar-refractivity contribution >= 4 is 21.4 Å². The molecule has 0 aliphatic rings. The van der Waals surface area contributed by atoms with Crippen LogP contribution in [0.5, 0.6) is 0 Å². The normalized spacial score (nSPS) is 13.1. The van der Waals surface area contributed by atoms with Gasteiger partial charge in [-0.25, -0.2) is 0 Å². The number of aromatic nitrogens is 2. The highest BCUT2D eigenvalue weighted by molar-refractivity contribution is 7.17. The first-order valence-corrected chi connectivity index (χ1v) is 5.72. The Balaban J connectivity index is 2.12. The van der Waals surface area contributed by atoms with E-state index < -0.39 is 0 Å². The van der Waals surface area contributed by atoms with Gasteiger partial charge in [0.05, 0.1) is 6.04 Å². The molecule has 2 heterocycles. The molecule has 0 radical (unpaired) electrons.